The fraction of sp³-hybridized carbons (Fsp3) is 0.200. The third kappa shape index (κ3) is 1.32. The van der Waals surface area contributed by atoms with Crippen LogP contribution in [0.1, 0.15) is 12.5 Å². The molecule has 0 unspecified atom stereocenters. The molecule has 4 heteroatoms. The predicted octanol–water partition coefficient (Wildman–Crippen LogP) is 3.13. The Morgan fingerprint density at radius 2 is 2.07 bits per heavy atom. The molecule has 1 heterocycles. The van der Waals surface area contributed by atoms with Crippen LogP contribution in [0, 0.1) is 0 Å². The molecule has 2 nitrogen and oxygen atoms in total. The Labute approximate surface area is 79.3 Å². The maximum Gasteiger partial charge on any atom is 0.274 e. The van der Waals surface area contributed by atoms with Crippen LogP contribution in [-0.4, -0.2) is 0 Å². The molecule has 0 fully saturated rings. The van der Waals surface area contributed by atoms with Gasteiger partial charge >= 0.3 is 0 Å². The zero-order valence-corrected chi connectivity index (χ0v) is 7.55. The van der Waals surface area contributed by atoms with Gasteiger partial charge in [0, 0.05) is 18.0 Å². The standard InChI is InChI=1S/C10H9F2NO/c1-10(11,12)8-5-14-9-3-2-6(13)4-7(8)9/h2-5H,13H2,1H3. The van der Waals surface area contributed by atoms with E-state index in [0.29, 0.717) is 16.7 Å². The average molecular weight is 197 g/mol. The lowest BCUT2D eigenvalue weighted by Gasteiger charge is -2.07. The normalized spacial score (nSPS) is 12.2. The lowest BCUT2D eigenvalue weighted by Crippen LogP contribution is -2.05. The number of nitrogens with two attached hydrogens (primary N) is 1. The average Bonchev–Trinajstić information content (AvgIpc) is 2.45. The second kappa shape index (κ2) is 2.70. The number of nitrogen functional groups attached to an aromatic ring is 1. The van der Waals surface area contributed by atoms with E-state index in [0.717, 1.165) is 13.2 Å². The van der Waals surface area contributed by atoms with Gasteiger partial charge < -0.3 is 10.2 Å². The van der Waals surface area contributed by atoms with Crippen LogP contribution >= 0.6 is 0 Å². The Balaban J connectivity index is 2.73. The second-order valence-corrected chi connectivity index (χ2v) is 3.29. The monoisotopic (exact) mass is 197 g/mol. The first kappa shape index (κ1) is 8.99. The largest absolute Gasteiger partial charge is 0.464 e. The van der Waals surface area contributed by atoms with Gasteiger partial charge in [0.1, 0.15) is 11.8 Å². The molecule has 0 saturated heterocycles. The van der Waals surface area contributed by atoms with E-state index in [2.05, 4.69) is 0 Å². The van der Waals surface area contributed by atoms with Gasteiger partial charge in [-0.2, -0.15) is 0 Å². The highest BCUT2D eigenvalue weighted by Crippen LogP contribution is 2.35. The quantitative estimate of drug-likeness (QED) is 0.713. The Kier molecular flexibility index (Phi) is 1.74. The first-order valence-electron chi connectivity index (χ1n) is 4.13. The number of anilines is 1. The Hall–Kier alpha value is -1.58. The summed E-state index contributed by atoms with van der Waals surface area (Å²) in [4.78, 5) is 0. The van der Waals surface area contributed by atoms with E-state index in [9.17, 15) is 8.78 Å². The molecule has 2 aromatic rings. The zero-order chi connectivity index (χ0) is 10.3. The molecule has 74 valence electrons. The van der Waals surface area contributed by atoms with Gasteiger partial charge in [-0.1, -0.05) is 0 Å². The number of hydrogen-bond acceptors (Lipinski definition) is 2. The minimum atomic E-state index is -2.90. The third-order valence-electron chi connectivity index (χ3n) is 2.07. The zero-order valence-electron chi connectivity index (χ0n) is 7.55. The molecule has 0 aliphatic heterocycles. The van der Waals surface area contributed by atoms with Crippen molar-refractivity contribution in [3.63, 3.8) is 0 Å². The molecule has 1 aromatic carbocycles. The van der Waals surface area contributed by atoms with Gasteiger partial charge in [-0.05, 0) is 18.2 Å². The number of hydrogen-bond donors (Lipinski definition) is 1. The third-order valence-corrected chi connectivity index (χ3v) is 2.07. The van der Waals surface area contributed by atoms with E-state index in [1.807, 2.05) is 0 Å². The topological polar surface area (TPSA) is 39.2 Å². The summed E-state index contributed by atoms with van der Waals surface area (Å²) in [7, 11) is 0. The molecule has 0 amide bonds. The number of halogens is 2. The van der Waals surface area contributed by atoms with Gasteiger partial charge in [0.2, 0.25) is 0 Å². The molecule has 2 N–H and O–H groups in total. The molecular formula is C10H9F2NO. The lowest BCUT2D eigenvalue weighted by molar-refractivity contribution is 0.0183. The van der Waals surface area contributed by atoms with Crippen LogP contribution in [0.4, 0.5) is 14.5 Å². The lowest BCUT2D eigenvalue weighted by atomic mass is 10.1. The summed E-state index contributed by atoms with van der Waals surface area (Å²) < 4.78 is 31.1. The van der Waals surface area contributed by atoms with Gasteiger partial charge in [-0.25, -0.2) is 8.78 Å². The second-order valence-electron chi connectivity index (χ2n) is 3.29. The van der Waals surface area contributed by atoms with Crippen molar-refractivity contribution in [1.82, 2.24) is 0 Å². The summed E-state index contributed by atoms with van der Waals surface area (Å²) in [5.74, 6) is -2.90. The van der Waals surface area contributed by atoms with Crippen LogP contribution in [-0.2, 0) is 5.92 Å². The summed E-state index contributed by atoms with van der Waals surface area (Å²) >= 11 is 0. The van der Waals surface area contributed by atoms with Crippen LogP contribution in [0.3, 0.4) is 0 Å². The van der Waals surface area contributed by atoms with Crippen molar-refractivity contribution >= 4 is 16.7 Å². The van der Waals surface area contributed by atoms with Crippen molar-refractivity contribution in [2.75, 3.05) is 5.73 Å². The van der Waals surface area contributed by atoms with E-state index < -0.39 is 5.92 Å². The fourth-order valence-corrected chi connectivity index (χ4v) is 1.39. The SMILES string of the molecule is CC(F)(F)c1coc2ccc(N)cc12. The minimum absolute atomic E-state index is 0.125. The highest BCUT2D eigenvalue weighted by atomic mass is 19.3. The van der Waals surface area contributed by atoms with E-state index in [1.165, 1.54) is 6.07 Å². The number of alkyl halides is 2. The Morgan fingerprint density at radius 1 is 1.36 bits per heavy atom. The maximum absolute atomic E-state index is 13.0. The Morgan fingerprint density at radius 3 is 2.71 bits per heavy atom. The molecule has 0 bridgehead atoms. The first-order valence-corrected chi connectivity index (χ1v) is 4.13. The summed E-state index contributed by atoms with van der Waals surface area (Å²) in [6, 6.07) is 4.69. The molecule has 0 spiro atoms. The molecule has 14 heavy (non-hydrogen) atoms. The number of rotatable bonds is 1. The van der Waals surface area contributed by atoms with Crippen molar-refractivity contribution in [3.05, 3.63) is 30.0 Å². The van der Waals surface area contributed by atoms with Crippen molar-refractivity contribution in [2.24, 2.45) is 0 Å². The van der Waals surface area contributed by atoms with E-state index in [-0.39, 0.29) is 5.56 Å². The van der Waals surface area contributed by atoms with Crippen LogP contribution in [0.2, 0.25) is 0 Å². The van der Waals surface area contributed by atoms with Crippen molar-refractivity contribution in [3.8, 4) is 0 Å². The predicted molar refractivity (Wildman–Crippen MR) is 50.2 cm³/mol. The smallest absolute Gasteiger partial charge is 0.274 e. The van der Waals surface area contributed by atoms with Crippen LogP contribution < -0.4 is 5.73 Å². The highest BCUT2D eigenvalue weighted by molar-refractivity contribution is 5.84. The first-order chi connectivity index (χ1) is 6.48. The number of furan rings is 1. The molecule has 1 aromatic heterocycles. The molecule has 0 radical (unpaired) electrons. The van der Waals surface area contributed by atoms with E-state index in [4.69, 9.17) is 10.2 Å². The molecule has 0 atom stereocenters. The van der Waals surface area contributed by atoms with Crippen molar-refractivity contribution in [1.29, 1.82) is 0 Å². The maximum atomic E-state index is 13.0. The van der Waals surface area contributed by atoms with Gasteiger partial charge in [0.15, 0.2) is 0 Å². The summed E-state index contributed by atoms with van der Waals surface area (Å²) in [5.41, 5.74) is 6.26. The summed E-state index contributed by atoms with van der Waals surface area (Å²) in [6.07, 6.45) is 1.07. The molecule has 2 rings (SSSR count). The van der Waals surface area contributed by atoms with Crippen LogP contribution in [0.25, 0.3) is 11.0 Å². The van der Waals surface area contributed by atoms with Gasteiger partial charge in [-0.15, -0.1) is 0 Å². The van der Waals surface area contributed by atoms with E-state index >= 15 is 0 Å². The number of benzene rings is 1. The van der Waals surface area contributed by atoms with Crippen LogP contribution in [0.5, 0.6) is 0 Å². The molecule has 0 aliphatic rings. The Bertz CT molecular complexity index is 470. The van der Waals surface area contributed by atoms with Crippen LogP contribution in [0.15, 0.2) is 28.9 Å². The molecule has 0 saturated carbocycles. The minimum Gasteiger partial charge on any atom is -0.464 e. The fourth-order valence-electron chi connectivity index (χ4n) is 1.39. The summed E-state index contributed by atoms with van der Waals surface area (Å²) in [5, 5.41) is 0.373. The van der Waals surface area contributed by atoms with Crippen molar-refractivity contribution < 1.29 is 13.2 Å². The summed E-state index contributed by atoms with van der Waals surface area (Å²) in [6.45, 7) is 0.834. The van der Waals surface area contributed by atoms with Gasteiger partial charge in [0.05, 0.1) is 5.56 Å². The van der Waals surface area contributed by atoms with Gasteiger partial charge in [-0.3, -0.25) is 0 Å². The molecule has 0 aliphatic carbocycles. The number of fused-ring (bicyclic) bond motifs is 1. The van der Waals surface area contributed by atoms with E-state index in [1.54, 1.807) is 12.1 Å². The van der Waals surface area contributed by atoms with Crippen molar-refractivity contribution in [2.45, 2.75) is 12.8 Å². The van der Waals surface area contributed by atoms with Gasteiger partial charge in [0.25, 0.3) is 5.92 Å². The molecular weight excluding hydrogens is 188 g/mol. The highest BCUT2D eigenvalue weighted by Gasteiger charge is 2.28.